The third kappa shape index (κ3) is 1.87. The van der Waals surface area contributed by atoms with E-state index in [0.29, 0.717) is 0 Å². The molecule has 0 bridgehead atoms. The normalized spacial score (nSPS) is 11.1. The zero-order valence-electron chi connectivity index (χ0n) is 10.2. The minimum absolute atomic E-state index is 0.725. The fraction of sp³-hybridized carbons (Fsp3) is 0.143. The highest BCUT2D eigenvalue weighted by molar-refractivity contribution is 6.31. The number of aromatic nitrogens is 3. The van der Waals surface area contributed by atoms with E-state index in [1.807, 2.05) is 54.9 Å². The van der Waals surface area contributed by atoms with Crippen LogP contribution in [0.4, 0.5) is 0 Å². The van der Waals surface area contributed by atoms with Gasteiger partial charge < -0.3 is 0 Å². The molecule has 0 unspecified atom stereocenters. The van der Waals surface area contributed by atoms with E-state index in [2.05, 4.69) is 10.1 Å². The lowest BCUT2D eigenvalue weighted by Crippen LogP contribution is -2.01. The second-order valence-electron chi connectivity index (χ2n) is 4.35. The zero-order valence-corrected chi connectivity index (χ0v) is 10.9. The van der Waals surface area contributed by atoms with E-state index < -0.39 is 0 Å². The van der Waals surface area contributed by atoms with Crippen molar-refractivity contribution in [2.24, 2.45) is 0 Å². The average Bonchev–Trinajstić information content (AvgIpc) is 2.68. The van der Waals surface area contributed by atoms with Crippen LogP contribution in [0.15, 0.2) is 36.4 Å². The molecule has 0 amide bonds. The quantitative estimate of drug-likeness (QED) is 0.666. The summed E-state index contributed by atoms with van der Waals surface area (Å²) < 4.78 is 1.85. The van der Waals surface area contributed by atoms with Crippen LogP contribution in [0.5, 0.6) is 0 Å². The lowest BCUT2D eigenvalue weighted by atomic mass is 10.2. The summed E-state index contributed by atoms with van der Waals surface area (Å²) in [6.45, 7) is 4.00. The minimum Gasteiger partial charge on any atom is -0.229 e. The molecule has 18 heavy (non-hydrogen) atoms. The number of rotatable bonds is 1. The highest BCUT2D eigenvalue weighted by Gasteiger charge is 2.06. The van der Waals surface area contributed by atoms with Crippen molar-refractivity contribution in [2.75, 3.05) is 0 Å². The highest BCUT2D eigenvalue weighted by Crippen LogP contribution is 2.20. The fourth-order valence-electron chi connectivity index (χ4n) is 2.06. The summed E-state index contributed by atoms with van der Waals surface area (Å²) in [7, 11) is 0. The zero-order chi connectivity index (χ0) is 12.7. The van der Waals surface area contributed by atoms with Crippen LogP contribution in [0.2, 0.25) is 5.02 Å². The van der Waals surface area contributed by atoms with Gasteiger partial charge in [0.25, 0.3) is 0 Å². The molecule has 2 aromatic heterocycles. The number of hydrogen-bond donors (Lipinski definition) is 0. The van der Waals surface area contributed by atoms with Gasteiger partial charge in [0, 0.05) is 16.1 Å². The van der Waals surface area contributed by atoms with Crippen molar-refractivity contribution >= 4 is 22.5 Å². The van der Waals surface area contributed by atoms with Crippen molar-refractivity contribution in [3.8, 4) is 5.82 Å². The van der Waals surface area contributed by atoms with Crippen molar-refractivity contribution in [1.29, 1.82) is 0 Å². The molecule has 0 aliphatic heterocycles. The number of hydrogen-bond acceptors (Lipinski definition) is 2. The Balaban J connectivity index is 2.19. The van der Waals surface area contributed by atoms with Gasteiger partial charge in [-0.2, -0.15) is 5.10 Å². The Morgan fingerprint density at radius 3 is 2.61 bits per heavy atom. The Labute approximate surface area is 110 Å². The van der Waals surface area contributed by atoms with E-state index >= 15 is 0 Å². The van der Waals surface area contributed by atoms with Crippen molar-refractivity contribution in [3.05, 3.63) is 52.8 Å². The summed E-state index contributed by atoms with van der Waals surface area (Å²) >= 11 is 5.96. The molecule has 0 spiro atoms. The summed E-state index contributed by atoms with van der Waals surface area (Å²) in [6.07, 6.45) is 0. The molecule has 0 saturated carbocycles. The van der Waals surface area contributed by atoms with Gasteiger partial charge in [0.2, 0.25) is 0 Å². The SMILES string of the molecule is Cc1cc(C)n(-c2ccc3cc(Cl)ccc3n2)n1. The summed E-state index contributed by atoms with van der Waals surface area (Å²) in [5.74, 6) is 0.829. The van der Waals surface area contributed by atoms with Crippen LogP contribution in [0.3, 0.4) is 0 Å². The van der Waals surface area contributed by atoms with Crippen molar-refractivity contribution < 1.29 is 0 Å². The Hall–Kier alpha value is -1.87. The lowest BCUT2D eigenvalue weighted by Gasteiger charge is -2.05. The Morgan fingerprint density at radius 2 is 1.89 bits per heavy atom. The second kappa shape index (κ2) is 4.10. The number of benzene rings is 1. The molecular formula is C14H12ClN3. The van der Waals surface area contributed by atoms with Gasteiger partial charge in [-0.1, -0.05) is 11.6 Å². The molecule has 0 aliphatic carbocycles. The van der Waals surface area contributed by atoms with Crippen molar-refractivity contribution in [3.63, 3.8) is 0 Å². The molecule has 0 saturated heterocycles. The third-order valence-electron chi connectivity index (χ3n) is 2.86. The van der Waals surface area contributed by atoms with E-state index in [4.69, 9.17) is 11.6 Å². The van der Waals surface area contributed by atoms with Crippen molar-refractivity contribution in [2.45, 2.75) is 13.8 Å². The minimum atomic E-state index is 0.725. The fourth-order valence-corrected chi connectivity index (χ4v) is 2.25. The van der Waals surface area contributed by atoms with Crippen LogP contribution in [0.1, 0.15) is 11.4 Å². The first kappa shape index (κ1) is 11.2. The molecule has 3 nitrogen and oxygen atoms in total. The molecule has 3 rings (SSSR count). The van der Waals surface area contributed by atoms with Gasteiger partial charge in [-0.3, -0.25) is 0 Å². The van der Waals surface area contributed by atoms with Gasteiger partial charge in [-0.15, -0.1) is 0 Å². The topological polar surface area (TPSA) is 30.7 Å². The monoisotopic (exact) mass is 257 g/mol. The molecule has 1 aromatic carbocycles. The van der Waals surface area contributed by atoms with Gasteiger partial charge in [-0.25, -0.2) is 9.67 Å². The second-order valence-corrected chi connectivity index (χ2v) is 4.78. The first-order valence-electron chi connectivity index (χ1n) is 5.73. The van der Waals surface area contributed by atoms with Gasteiger partial charge in [-0.05, 0) is 50.2 Å². The van der Waals surface area contributed by atoms with E-state index in [9.17, 15) is 0 Å². The first-order chi connectivity index (χ1) is 8.63. The molecule has 4 heteroatoms. The number of nitrogens with zero attached hydrogens (tertiary/aromatic N) is 3. The van der Waals surface area contributed by atoms with Gasteiger partial charge in [0.15, 0.2) is 5.82 Å². The maximum absolute atomic E-state index is 5.96. The highest BCUT2D eigenvalue weighted by atomic mass is 35.5. The molecule has 0 fully saturated rings. The van der Waals surface area contributed by atoms with E-state index in [0.717, 1.165) is 33.1 Å². The van der Waals surface area contributed by atoms with Crippen LogP contribution < -0.4 is 0 Å². The van der Waals surface area contributed by atoms with E-state index in [1.54, 1.807) is 0 Å². The van der Waals surface area contributed by atoms with Gasteiger partial charge in [0.05, 0.1) is 11.2 Å². The smallest absolute Gasteiger partial charge is 0.154 e. The van der Waals surface area contributed by atoms with E-state index in [1.165, 1.54) is 0 Å². The predicted octanol–water partition coefficient (Wildman–Crippen LogP) is 3.69. The first-order valence-corrected chi connectivity index (χ1v) is 6.11. The number of fused-ring (bicyclic) bond motifs is 1. The average molecular weight is 258 g/mol. The van der Waals surface area contributed by atoms with Gasteiger partial charge >= 0.3 is 0 Å². The molecule has 0 aliphatic rings. The standard InChI is InChI=1S/C14H12ClN3/c1-9-7-10(2)18(17-9)14-6-3-11-8-12(15)4-5-13(11)16-14/h3-8H,1-2H3. The summed E-state index contributed by atoms with van der Waals surface area (Å²) in [6, 6.07) is 11.7. The number of pyridine rings is 1. The molecule has 2 heterocycles. The summed E-state index contributed by atoms with van der Waals surface area (Å²) in [5.41, 5.74) is 2.99. The van der Waals surface area contributed by atoms with Crippen LogP contribution in [0.25, 0.3) is 16.7 Å². The molecule has 90 valence electrons. The van der Waals surface area contributed by atoms with Gasteiger partial charge in [0.1, 0.15) is 0 Å². The number of halogens is 1. The van der Waals surface area contributed by atoms with Crippen LogP contribution in [-0.2, 0) is 0 Å². The third-order valence-corrected chi connectivity index (χ3v) is 3.10. The largest absolute Gasteiger partial charge is 0.229 e. The molecule has 0 N–H and O–H groups in total. The maximum atomic E-state index is 5.96. The molecule has 0 radical (unpaired) electrons. The van der Waals surface area contributed by atoms with Crippen LogP contribution >= 0.6 is 11.6 Å². The van der Waals surface area contributed by atoms with Crippen molar-refractivity contribution in [1.82, 2.24) is 14.8 Å². The van der Waals surface area contributed by atoms with Crippen LogP contribution in [-0.4, -0.2) is 14.8 Å². The Bertz CT molecular complexity index is 731. The number of aryl methyl sites for hydroxylation is 2. The molecule has 3 aromatic rings. The van der Waals surface area contributed by atoms with E-state index in [-0.39, 0.29) is 0 Å². The molecular weight excluding hydrogens is 246 g/mol. The Kier molecular flexibility index (Phi) is 2.56. The molecule has 0 atom stereocenters. The Morgan fingerprint density at radius 1 is 1.06 bits per heavy atom. The van der Waals surface area contributed by atoms with Crippen LogP contribution in [0, 0.1) is 13.8 Å². The predicted molar refractivity (Wildman–Crippen MR) is 73.3 cm³/mol. The summed E-state index contributed by atoms with van der Waals surface area (Å²) in [5, 5.41) is 6.19. The lowest BCUT2D eigenvalue weighted by molar-refractivity contribution is 0.810. The summed E-state index contributed by atoms with van der Waals surface area (Å²) in [4.78, 5) is 4.60. The maximum Gasteiger partial charge on any atom is 0.154 e.